The van der Waals surface area contributed by atoms with Gasteiger partial charge in [-0.2, -0.15) is 0 Å². The number of carbonyl (C=O) groups is 1. The molecule has 8 heteroatoms. The van der Waals surface area contributed by atoms with Gasteiger partial charge in [-0.1, -0.05) is 13.8 Å². The molecule has 134 valence electrons. The summed E-state index contributed by atoms with van der Waals surface area (Å²) in [5, 5.41) is 3.20. The summed E-state index contributed by atoms with van der Waals surface area (Å²) in [6.07, 6.45) is 0.491. The van der Waals surface area contributed by atoms with Gasteiger partial charge in [-0.25, -0.2) is 18.4 Å². The molecule has 1 aliphatic heterocycles. The lowest BCUT2D eigenvalue weighted by Gasteiger charge is -2.26. The van der Waals surface area contributed by atoms with Crippen LogP contribution in [-0.4, -0.2) is 59.8 Å². The van der Waals surface area contributed by atoms with Gasteiger partial charge in [-0.15, -0.1) is 0 Å². The first-order valence-corrected chi connectivity index (χ1v) is 10.1. The summed E-state index contributed by atoms with van der Waals surface area (Å²) in [5.41, 5.74) is 0.305. The van der Waals surface area contributed by atoms with Crippen LogP contribution in [-0.2, 0) is 9.84 Å². The van der Waals surface area contributed by atoms with E-state index in [0.29, 0.717) is 36.2 Å². The number of carbonyl (C=O) groups excluding carboxylic acids is 1. The molecule has 2 rings (SSSR count). The van der Waals surface area contributed by atoms with Crippen LogP contribution in [0.4, 0.5) is 5.82 Å². The van der Waals surface area contributed by atoms with Crippen molar-refractivity contribution in [2.45, 2.75) is 40.2 Å². The van der Waals surface area contributed by atoms with Crippen LogP contribution >= 0.6 is 0 Å². The van der Waals surface area contributed by atoms with Crippen LogP contribution in [0.3, 0.4) is 0 Å². The first kappa shape index (κ1) is 18.6. The van der Waals surface area contributed by atoms with E-state index >= 15 is 0 Å². The molecule has 7 nitrogen and oxygen atoms in total. The number of amides is 1. The molecule has 0 aliphatic carbocycles. The molecule has 0 aromatic carbocycles. The predicted octanol–water partition coefficient (Wildman–Crippen LogP) is 1.50. The van der Waals surface area contributed by atoms with Gasteiger partial charge in [0.05, 0.1) is 11.5 Å². The van der Waals surface area contributed by atoms with Crippen molar-refractivity contribution < 1.29 is 13.2 Å². The van der Waals surface area contributed by atoms with E-state index in [0.717, 1.165) is 6.54 Å². The maximum atomic E-state index is 12.8. The van der Waals surface area contributed by atoms with Crippen LogP contribution in [0.2, 0.25) is 0 Å². The van der Waals surface area contributed by atoms with Crippen LogP contribution in [0.1, 0.15) is 43.5 Å². The van der Waals surface area contributed by atoms with Crippen LogP contribution < -0.4 is 5.32 Å². The Morgan fingerprint density at radius 3 is 2.67 bits per heavy atom. The molecule has 1 fully saturated rings. The van der Waals surface area contributed by atoms with E-state index in [9.17, 15) is 13.2 Å². The number of aryl methyl sites for hydroxylation is 1. The fraction of sp³-hybridized carbons (Fsp3) is 0.688. The van der Waals surface area contributed by atoms with Gasteiger partial charge in [0.1, 0.15) is 17.3 Å². The number of anilines is 1. The largest absolute Gasteiger partial charge is 0.370 e. The fourth-order valence-corrected chi connectivity index (χ4v) is 4.54. The minimum atomic E-state index is -3.04. The van der Waals surface area contributed by atoms with Gasteiger partial charge in [-0.3, -0.25) is 4.79 Å². The Hall–Kier alpha value is -1.70. The van der Waals surface area contributed by atoms with Crippen molar-refractivity contribution in [1.82, 2.24) is 14.9 Å². The van der Waals surface area contributed by atoms with Gasteiger partial charge in [0, 0.05) is 25.2 Å². The molecule has 2 heterocycles. The standard InChI is InChI=1S/C16H26N4O3S/c1-5-20(13-6-7-24(22,23)10-13)16(21)14-8-15(17-9-11(2)3)19-12(4)18-14/h8,11,13H,5-7,9-10H2,1-4H3,(H,17,18,19). The van der Waals surface area contributed by atoms with Crippen LogP contribution in [0.25, 0.3) is 0 Å². The van der Waals surface area contributed by atoms with Crippen molar-refractivity contribution >= 4 is 21.6 Å². The van der Waals surface area contributed by atoms with E-state index in [-0.39, 0.29) is 23.5 Å². The molecule has 1 N–H and O–H groups in total. The minimum absolute atomic E-state index is 0.0368. The Kier molecular flexibility index (Phi) is 5.79. The molecular formula is C16H26N4O3S. The molecule has 1 saturated heterocycles. The summed E-state index contributed by atoms with van der Waals surface area (Å²) in [7, 11) is -3.04. The number of nitrogens with one attached hydrogen (secondary N) is 1. The van der Waals surface area contributed by atoms with E-state index in [4.69, 9.17) is 0 Å². The second kappa shape index (κ2) is 7.46. The van der Waals surface area contributed by atoms with Crippen molar-refractivity contribution in [3.63, 3.8) is 0 Å². The Balaban J connectivity index is 2.20. The Bertz CT molecular complexity index is 703. The SMILES string of the molecule is CCN(C(=O)c1cc(NCC(C)C)nc(C)n1)C1CCS(=O)(=O)C1. The van der Waals surface area contributed by atoms with Gasteiger partial charge in [-0.05, 0) is 26.2 Å². The molecule has 0 radical (unpaired) electrons. The highest BCUT2D eigenvalue weighted by Gasteiger charge is 2.34. The van der Waals surface area contributed by atoms with E-state index < -0.39 is 9.84 Å². The van der Waals surface area contributed by atoms with E-state index in [1.165, 1.54) is 0 Å². The highest BCUT2D eigenvalue weighted by atomic mass is 32.2. The third kappa shape index (κ3) is 4.66. The summed E-state index contributed by atoms with van der Waals surface area (Å²) in [6.45, 7) is 8.99. The summed E-state index contributed by atoms with van der Waals surface area (Å²) < 4.78 is 23.4. The van der Waals surface area contributed by atoms with E-state index in [2.05, 4.69) is 29.1 Å². The first-order valence-electron chi connectivity index (χ1n) is 8.32. The zero-order chi connectivity index (χ0) is 17.9. The molecular weight excluding hydrogens is 328 g/mol. The molecule has 1 atom stereocenters. The first-order chi connectivity index (χ1) is 11.2. The quantitative estimate of drug-likeness (QED) is 0.832. The minimum Gasteiger partial charge on any atom is -0.370 e. The van der Waals surface area contributed by atoms with Crippen LogP contribution in [0.15, 0.2) is 6.07 Å². The molecule has 1 unspecified atom stereocenters. The van der Waals surface area contributed by atoms with E-state index in [1.54, 1.807) is 17.9 Å². The Morgan fingerprint density at radius 2 is 2.12 bits per heavy atom. The number of sulfone groups is 1. The molecule has 24 heavy (non-hydrogen) atoms. The Morgan fingerprint density at radius 1 is 1.42 bits per heavy atom. The molecule has 0 spiro atoms. The van der Waals surface area contributed by atoms with Gasteiger partial charge in [0.25, 0.3) is 5.91 Å². The summed E-state index contributed by atoms with van der Waals surface area (Å²) in [4.78, 5) is 23.0. The molecule has 0 bridgehead atoms. The molecule has 1 aliphatic rings. The maximum absolute atomic E-state index is 12.8. The number of rotatable bonds is 6. The summed E-state index contributed by atoms with van der Waals surface area (Å²) >= 11 is 0. The highest BCUT2D eigenvalue weighted by molar-refractivity contribution is 7.91. The normalized spacial score (nSPS) is 19.5. The van der Waals surface area contributed by atoms with Crippen molar-refractivity contribution in [3.8, 4) is 0 Å². The summed E-state index contributed by atoms with van der Waals surface area (Å²) in [5.74, 6) is 1.53. The zero-order valence-corrected chi connectivity index (χ0v) is 15.6. The molecule has 1 amide bonds. The van der Waals surface area contributed by atoms with Crippen molar-refractivity contribution in [2.75, 3.05) is 29.9 Å². The van der Waals surface area contributed by atoms with E-state index in [1.807, 2.05) is 6.92 Å². The smallest absolute Gasteiger partial charge is 0.272 e. The third-order valence-corrected chi connectivity index (χ3v) is 5.75. The molecule has 1 aromatic heterocycles. The zero-order valence-electron chi connectivity index (χ0n) is 14.7. The average Bonchev–Trinajstić information content (AvgIpc) is 2.85. The lowest BCUT2D eigenvalue weighted by atomic mass is 10.2. The number of nitrogens with zero attached hydrogens (tertiary/aromatic N) is 3. The van der Waals surface area contributed by atoms with Crippen molar-refractivity contribution in [1.29, 1.82) is 0 Å². The van der Waals surface area contributed by atoms with Gasteiger partial charge < -0.3 is 10.2 Å². The number of hydrogen-bond donors (Lipinski definition) is 1. The van der Waals surface area contributed by atoms with Crippen molar-refractivity contribution in [3.05, 3.63) is 17.6 Å². The van der Waals surface area contributed by atoms with Crippen LogP contribution in [0.5, 0.6) is 0 Å². The maximum Gasteiger partial charge on any atom is 0.272 e. The van der Waals surface area contributed by atoms with Crippen molar-refractivity contribution in [2.24, 2.45) is 5.92 Å². The number of hydrogen-bond acceptors (Lipinski definition) is 6. The monoisotopic (exact) mass is 354 g/mol. The Labute approximate surface area is 143 Å². The van der Waals surface area contributed by atoms with Gasteiger partial charge >= 0.3 is 0 Å². The predicted molar refractivity (Wildman–Crippen MR) is 93.9 cm³/mol. The van der Waals surface area contributed by atoms with Gasteiger partial charge in [0.15, 0.2) is 9.84 Å². The fourth-order valence-electron chi connectivity index (χ4n) is 2.81. The third-order valence-electron chi connectivity index (χ3n) is 4.00. The molecule has 1 aromatic rings. The topological polar surface area (TPSA) is 92.3 Å². The summed E-state index contributed by atoms with van der Waals surface area (Å²) in [6, 6.07) is 1.37. The highest BCUT2D eigenvalue weighted by Crippen LogP contribution is 2.20. The second-order valence-electron chi connectivity index (χ2n) is 6.61. The lowest BCUT2D eigenvalue weighted by Crippen LogP contribution is -2.41. The van der Waals surface area contributed by atoms with Gasteiger partial charge in [0.2, 0.25) is 0 Å². The average molecular weight is 354 g/mol. The molecule has 0 saturated carbocycles. The number of aromatic nitrogens is 2. The van der Waals surface area contributed by atoms with Crippen LogP contribution in [0, 0.1) is 12.8 Å². The lowest BCUT2D eigenvalue weighted by molar-refractivity contribution is 0.0702. The second-order valence-corrected chi connectivity index (χ2v) is 8.84.